The SMILES string of the molecule is Cc1ccnc(NC(C)(C(=O)O)C2CC2)c1[N+](=O)[O-]. The molecule has 1 aromatic rings. The van der Waals surface area contributed by atoms with Gasteiger partial charge in [-0.25, -0.2) is 9.78 Å². The second-order valence-corrected chi connectivity index (χ2v) is 4.99. The summed E-state index contributed by atoms with van der Waals surface area (Å²) in [6, 6.07) is 1.53. The standard InChI is InChI=1S/C12H15N3O4/c1-7-5-6-13-10(9(7)15(18)19)14-12(2,11(16)17)8-3-4-8/h5-6,8H,3-4H2,1-2H3,(H,13,14)(H,16,17). The number of hydrogen-bond donors (Lipinski definition) is 2. The molecule has 2 rings (SSSR count). The molecule has 0 aliphatic heterocycles. The van der Waals surface area contributed by atoms with Gasteiger partial charge in [-0.1, -0.05) is 0 Å². The molecule has 1 aliphatic carbocycles. The van der Waals surface area contributed by atoms with E-state index in [9.17, 15) is 20.0 Å². The van der Waals surface area contributed by atoms with Crippen LogP contribution in [0.3, 0.4) is 0 Å². The molecule has 0 radical (unpaired) electrons. The van der Waals surface area contributed by atoms with Crippen LogP contribution in [-0.2, 0) is 4.79 Å². The fraction of sp³-hybridized carbons (Fsp3) is 0.500. The molecule has 1 fully saturated rings. The first kappa shape index (κ1) is 13.3. The highest BCUT2D eigenvalue weighted by molar-refractivity contribution is 5.84. The van der Waals surface area contributed by atoms with E-state index in [1.165, 1.54) is 12.3 Å². The molecule has 1 aliphatic rings. The lowest BCUT2D eigenvalue weighted by Gasteiger charge is -2.26. The van der Waals surface area contributed by atoms with Crippen LogP contribution < -0.4 is 5.32 Å². The first-order chi connectivity index (χ1) is 8.86. The van der Waals surface area contributed by atoms with Crippen LogP contribution in [0.4, 0.5) is 11.5 Å². The summed E-state index contributed by atoms with van der Waals surface area (Å²) in [5.41, 5.74) is -0.937. The molecule has 19 heavy (non-hydrogen) atoms. The van der Waals surface area contributed by atoms with Gasteiger partial charge >= 0.3 is 11.7 Å². The van der Waals surface area contributed by atoms with Gasteiger partial charge in [0.25, 0.3) is 0 Å². The number of hydrogen-bond acceptors (Lipinski definition) is 5. The molecule has 1 atom stereocenters. The summed E-state index contributed by atoms with van der Waals surface area (Å²) in [6.45, 7) is 3.14. The Labute approximate surface area is 109 Å². The number of aliphatic carboxylic acids is 1. The zero-order chi connectivity index (χ0) is 14.2. The van der Waals surface area contributed by atoms with Crippen LogP contribution in [-0.4, -0.2) is 26.5 Å². The summed E-state index contributed by atoms with van der Waals surface area (Å²) >= 11 is 0. The van der Waals surface area contributed by atoms with Crippen LogP contribution in [0, 0.1) is 23.0 Å². The predicted octanol–water partition coefficient (Wildman–Crippen LogP) is 1.96. The van der Waals surface area contributed by atoms with Crippen molar-refractivity contribution in [1.82, 2.24) is 4.98 Å². The molecule has 2 N–H and O–H groups in total. The molecule has 1 heterocycles. The van der Waals surface area contributed by atoms with Gasteiger partial charge in [-0.2, -0.15) is 0 Å². The molecular formula is C12H15N3O4. The van der Waals surface area contributed by atoms with Gasteiger partial charge in [-0.05, 0) is 38.7 Å². The second kappa shape index (κ2) is 4.49. The van der Waals surface area contributed by atoms with Gasteiger partial charge in [0.2, 0.25) is 5.82 Å². The number of carboxylic acid groups (broad SMARTS) is 1. The van der Waals surface area contributed by atoms with Gasteiger partial charge in [-0.15, -0.1) is 0 Å². The lowest BCUT2D eigenvalue weighted by atomic mass is 9.96. The first-order valence-electron chi connectivity index (χ1n) is 5.98. The van der Waals surface area contributed by atoms with Crippen molar-refractivity contribution < 1.29 is 14.8 Å². The van der Waals surface area contributed by atoms with Crippen molar-refractivity contribution in [3.8, 4) is 0 Å². The fourth-order valence-corrected chi connectivity index (χ4v) is 2.11. The summed E-state index contributed by atoms with van der Waals surface area (Å²) in [5, 5.41) is 23.2. The van der Waals surface area contributed by atoms with E-state index in [-0.39, 0.29) is 17.4 Å². The van der Waals surface area contributed by atoms with Crippen molar-refractivity contribution >= 4 is 17.5 Å². The average Bonchev–Trinajstić information content (AvgIpc) is 3.11. The van der Waals surface area contributed by atoms with E-state index in [1.807, 2.05) is 0 Å². The Morgan fingerprint density at radius 2 is 2.26 bits per heavy atom. The van der Waals surface area contributed by atoms with E-state index < -0.39 is 16.4 Å². The van der Waals surface area contributed by atoms with Gasteiger partial charge < -0.3 is 10.4 Å². The smallest absolute Gasteiger partial charge is 0.329 e. The second-order valence-electron chi connectivity index (χ2n) is 4.99. The van der Waals surface area contributed by atoms with Gasteiger partial charge in [0.1, 0.15) is 5.54 Å². The fourth-order valence-electron chi connectivity index (χ4n) is 2.11. The monoisotopic (exact) mass is 265 g/mol. The maximum atomic E-state index is 11.4. The van der Waals surface area contributed by atoms with Gasteiger partial charge in [-0.3, -0.25) is 10.1 Å². The minimum atomic E-state index is -1.22. The number of nitrogens with zero attached hydrogens (tertiary/aromatic N) is 2. The number of rotatable bonds is 5. The van der Waals surface area contributed by atoms with Crippen LogP contribution in [0.2, 0.25) is 0 Å². The van der Waals surface area contributed by atoms with Crippen LogP contribution in [0.5, 0.6) is 0 Å². The molecule has 0 spiro atoms. The number of aryl methyl sites for hydroxylation is 1. The van der Waals surface area contributed by atoms with Gasteiger partial charge in [0, 0.05) is 11.8 Å². The van der Waals surface area contributed by atoms with E-state index >= 15 is 0 Å². The molecule has 1 saturated carbocycles. The van der Waals surface area contributed by atoms with Crippen molar-refractivity contribution in [3.05, 3.63) is 27.9 Å². The minimum absolute atomic E-state index is 0.0156. The molecule has 1 unspecified atom stereocenters. The van der Waals surface area contributed by atoms with Crippen LogP contribution >= 0.6 is 0 Å². The molecule has 7 nitrogen and oxygen atoms in total. The predicted molar refractivity (Wildman–Crippen MR) is 68.0 cm³/mol. The quantitative estimate of drug-likeness (QED) is 0.622. The maximum absolute atomic E-state index is 11.4. The summed E-state index contributed by atoms with van der Waals surface area (Å²) in [4.78, 5) is 25.9. The third-order valence-corrected chi connectivity index (χ3v) is 3.52. The van der Waals surface area contributed by atoms with Crippen molar-refractivity contribution in [2.45, 2.75) is 32.2 Å². The zero-order valence-electron chi connectivity index (χ0n) is 10.7. The zero-order valence-corrected chi connectivity index (χ0v) is 10.7. The van der Waals surface area contributed by atoms with E-state index in [0.29, 0.717) is 5.56 Å². The van der Waals surface area contributed by atoms with Crippen LogP contribution in [0.15, 0.2) is 12.3 Å². The van der Waals surface area contributed by atoms with Gasteiger partial charge in [0.05, 0.1) is 4.92 Å². The number of nitrogens with one attached hydrogen (secondary N) is 1. The average molecular weight is 265 g/mol. The topological polar surface area (TPSA) is 105 Å². The van der Waals surface area contributed by atoms with E-state index in [0.717, 1.165) is 12.8 Å². The number of nitro groups is 1. The Morgan fingerprint density at radius 1 is 1.63 bits per heavy atom. The third kappa shape index (κ3) is 2.35. The Hall–Kier alpha value is -2.18. The van der Waals surface area contributed by atoms with E-state index in [4.69, 9.17) is 0 Å². The normalized spacial score (nSPS) is 17.6. The molecular weight excluding hydrogens is 250 g/mol. The third-order valence-electron chi connectivity index (χ3n) is 3.52. The highest BCUT2D eigenvalue weighted by Crippen LogP contribution is 2.42. The number of carbonyl (C=O) groups is 1. The molecule has 7 heteroatoms. The van der Waals surface area contributed by atoms with Crippen molar-refractivity contribution in [3.63, 3.8) is 0 Å². The van der Waals surface area contributed by atoms with Crippen LogP contribution in [0.1, 0.15) is 25.3 Å². The molecule has 102 valence electrons. The number of anilines is 1. The minimum Gasteiger partial charge on any atom is -0.480 e. The van der Waals surface area contributed by atoms with Crippen molar-refractivity contribution in [1.29, 1.82) is 0 Å². The Kier molecular flexibility index (Phi) is 3.13. The highest BCUT2D eigenvalue weighted by atomic mass is 16.6. The van der Waals surface area contributed by atoms with E-state index in [2.05, 4.69) is 10.3 Å². The number of carboxylic acids is 1. The van der Waals surface area contributed by atoms with Crippen molar-refractivity contribution in [2.24, 2.45) is 5.92 Å². The van der Waals surface area contributed by atoms with Crippen molar-refractivity contribution in [2.75, 3.05) is 5.32 Å². The summed E-state index contributed by atoms with van der Waals surface area (Å²) < 4.78 is 0. The maximum Gasteiger partial charge on any atom is 0.329 e. The Bertz CT molecular complexity index is 542. The molecule has 0 aromatic carbocycles. The lowest BCUT2D eigenvalue weighted by molar-refractivity contribution is -0.384. The highest BCUT2D eigenvalue weighted by Gasteiger charge is 2.48. The van der Waals surface area contributed by atoms with Crippen LogP contribution in [0.25, 0.3) is 0 Å². The largest absolute Gasteiger partial charge is 0.480 e. The molecule has 1 aromatic heterocycles. The first-order valence-corrected chi connectivity index (χ1v) is 5.98. The number of aromatic nitrogens is 1. The lowest BCUT2D eigenvalue weighted by Crippen LogP contribution is -2.46. The summed E-state index contributed by atoms with van der Waals surface area (Å²) in [5.74, 6) is -1.03. The van der Waals surface area contributed by atoms with E-state index in [1.54, 1.807) is 13.8 Å². The summed E-state index contributed by atoms with van der Waals surface area (Å²) in [7, 11) is 0. The molecule has 0 bridgehead atoms. The molecule has 0 saturated heterocycles. The van der Waals surface area contributed by atoms with Gasteiger partial charge in [0.15, 0.2) is 0 Å². The molecule has 0 amide bonds. The Balaban J connectivity index is 2.40. The Morgan fingerprint density at radius 3 is 2.74 bits per heavy atom. The summed E-state index contributed by atoms with van der Waals surface area (Å²) in [6.07, 6.45) is 3.03. The number of pyridine rings is 1.